The Labute approximate surface area is 88.3 Å². The molecule has 0 N–H and O–H groups in total. The molecule has 0 saturated heterocycles. The van der Waals surface area contributed by atoms with Gasteiger partial charge in [0.2, 0.25) is 5.91 Å². The molecule has 1 aliphatic heterocycles. The van der Waals surface area contributed by atoms with Crippen molar-refractivity contribution in [2.75, 3.05) is 27.2 Å². The van der Waals surface area contributed by atoms with Gasteiger partial charge in [-0.15, -0.1) is 0 Å². The summed E-state index contributed by atoms with van der Waals surface area (Å²) in [7, 11) is 3.82. The number of halogens is 1. The highest BCUT2D eigenvalue weighted by Crippen LogP contribution is 2.15. The fourth-order valence-electron chi connectivity index (χ4n) is 1.40. The average Bonchev–Trinajstić information content (AvgIpc) is 2.08. The van der Waals surface area contributed by atoms with Gasteiger partial charge < -0.3 is 4.90 Å². The van der Waals surface area contributed by atoms with Crippen LogP contribution < -0.4 is 0 Å². The molecule has 0 spiro atoms. The second-order valence-corrected chi connectivity index (χ2v) is 3.81. The molecule has 1 heterocycles. The fraction of sp³-hybridized carbons (Fsp3) is 0.600. The number of amides is 1. The Morgan fingerprint density at radius 1 is 1.47 bits per heavy atom. The highest BCUT2D eigenvalue weighted by molar-refractivity contribution is 6.06. The van der Waals surface area contributed by atoms with Gasteiger partial charge in [-0.25, -0.2) is 0 Å². The van der Waals surface area contributed by atoms with Crippen LogP contribution in [0, 0.1) is 0 Å². The minimum absolute atomic E-state index is 0.213. The van der Waals surface area contributed by atoms with Gasteiger partial charge in [-0.2, -0.15) is 4.39 Å². The number of allylic oxidation sites excluding steroid dienone is 1. The number of carbonyl (C=O) groups is 2. The van der Waals surface area contributed by atoms with Gasteiger partial charge in [0.15, 0.2) is 11.7 Å². The van der Waals surface area contributed by atoms with E-state index in [1.807, 2.05) is 19.0 Å². The lowest BCUT2D eigenvalue weighted by atomic mass is 10.2. The first kappa shape index (κ1) is 11.8. The Hall–Kier alpha value is -1.23. The smallest absolute Gasteiger partial charge is 0.236 e. The van der Waals surface area contributed by atoms with E-state index in [-0.39, 0.29) is 6.42 Å². The van der Waals surface area contributed by atoms with Crippen molar-refractivity contribution < 1.29 is 14.0 Å². The van der Waals surface area contributed by atoms with E-state index in [2.05, 4.69) is 0 Å². The lowest BCUT2D eigenvalue weighted by Gasteiger charge is -2.23. The summed E-state index contributed by atoms with van der Waals surface area (Å²) in [5.41, 5.74) is 0. The molecule has 1 amide bonds. The second-order valence-electron chi connectivity index (χ2n) is 3.81. The Morgan fingerprint density at radius 2 is 2.13 bits per heavy atom. The molecular formula is C10H15FN2O2. The van der Waals surface area contributed by atoms with Crippen LogP contribution in [0.25, 0.3) is 0 Å². The maximum atomic E-state index is 13.2. The molecule has 15 heavy (non-hydrogen) atoms. The molecule has 1 aliphatic rings. The van der Waals surface area contributed by atoms with E-state index in [4.69, 9.17) is 0 Å². The largest absolute Gasteiger partial charge is 0.309 e. The molecule has 0 aromatic carbocycles. The lowest BCUT2D eigenvalue weighted by Crippen LogP contribution is -2.35. The molecular weight excluding hydrogens is 199 g/mol. The Balaban J connectivity index is 2.50. The van der Waals surface area contributed by atoms with Gasteiger partial charge in [-0.3, -0.25) is 14.5 Å². The standard InChI is InChI=1S/C10H15FN2O2/c1-12(2)4-3-5-13-9(11)6-8(14)7-10(13)15/h6H,3-5,7H2,1-2H3. The highest BCUT2D eigenvalue weighted by Gasteiger charge is 2.25. The van der Waals surface area contributed by atoms with Crippen molar-refractivity contribution in [2.24, 2.45) is 0 Å². The Bertz CT molecular complexity index is 300. The van der Waals surface area contributed by atoms with E-state index in [0.717, 1.165) is 17.5 Å². The lowest BCUT2D eigenvalue weighted by molar-refractivity contribution is -0.135. The van der Waals surface area contributed by atoms with Crippen LogP contribution in [0.1, 0.15) is 12.8 Å². The molecule has 0 aromatic heterocycles. The molecule has 1 rings (SSSR count). The van der Waals surface area contributed by atoms with E-state index < -0.39 is 17.6 Å². The topological polar surface area (TPSA) is 40.6 Å². The third kappa shape index (κ3) is 3.43. The number of carbonyl (C=O) groups excluding carboxylic acids is 2. The van der Waals surface area contributed by atoms with Gasteiger partial charge in [0, 0.05) is 12.6 Å². The number of rotatable bonds is 4. The van der Waals surface area contributed by atoms with E-state index in [9.17, 15) is 14.0 Å². The fourth-order valence-corrected chi connectivity index (χ4v) is 1.40. The van der Waals surface area contributed by atoms with Gasteiger partial charge in [0.05, 0.1) is 6.42 Å². The van der Waals surface area contributed by atoms with E-state index >= 15 is 0 Å². The Kier molecular flexibility index (Phi) is 3.96. The predicted octanol–water partition coefficient (Wildman–Crippen LogP) is 0.550. The van der Waals surface area contributed by atoms with Crippen molar-refractivity contribution in [3.05, 3.63) is 12.0 Å². The maximum absolute atomic E-state index is 13.2. The normalized spacial score (nSPS) is 17.3. The second kappa shape index (κ2) is 5.02. The third-order valence-electron chi connectivity index (χ3n) is 2.15. The molecule has 0 saturated carbocycles. The molecule has 0 radical (unpaired) electrons. The van der Waals surface area contributed by atoms with Crippen molar-refractivity contribution in [3.63, 3.8) is 0 Å². The van der Waals surface area contributed by atoms with Crippen LogP contribution in [-0.4, -0.2) is 48.7 Å². The first-order chi connectivity index (χ1) is 7.00. The molecule has 4 nitrogen and oxygen atoms in total. The summed E-state index contributed by atoms with van der Waals surface area (Å²) in [5, 5.41) is 0. The summed E-state index contributed by atoms with van der Waals surface area (Å²) in [4.78, 5) is 25.1. The van der Waals surface area contributed by atoms with Crippen molar-refractivity contribution in [1.29, 1.82) is 0 Å². The van der Waals surface area contributed by atoms with Gasteiger partial charge in [-0.1, -0.05) is 0 Å². The number of hydrogen-bond donors (Lipinski definition) is 0. The first-order valence-electron chi connectivity index (χ1n) is 4.86. The monoisotopic (exact) mass is 214 g/mol. The van der Waals surface area contributed by atoms with Gasteiger partial charge in [-0.05, 0) is 27.1 Å². The minimum Gasteiger partial charge on any atom is -0.309 e. The zero-order chi connectivity index (χ0) is 11.4. The van der Waals surface area contributed by atoms with Crippen LogP contribution in [0.5, 0.6) is 0 Å². The molecule has 0 fully saturated rings. The van der Waals surface area contributed by atoms with Crippen LogP contribution in [0.4, 0.5) is 4.39 Å². The van der Waals surface area contributed by atoms with Crippen LogP contribution >= 0.6 is 0 Å². The molecule has 0 aliphatic carbocycles. The number of hydrogen-bond acceptors (Lipinski definition) is 3. The first-order valence-corrected chi connectivity index (χ1v) is 4.86. The molecule has 84 valence electrons. The maximum Gasteiger partial charge on any atom is 0.236 e. The molecule has 0 unspecified atom stereocenters. The summed E-state index contributed by atoms with van der Waals surface area (Å²) in [6.07, 6.45) is 1.36. The van der Waals surface area contributed by atoms with Crippen molar-refractivity contribution in [3.8, 4) is 0 Å². The quantitative estimate of drug-likeness (QED) is 0.507. The van der Waals surface area contributed by atoms with E-state index in [1.165, 1.54) is 0 Å². The van der Waals surface area contributed by atoms with E-state index in [1.54, 1.807) is 0 Å². The van der Waals surface area contributed by atoms with Gasteiger partial charge >= 0.3 is 0 Å². The summed E-state index contributed by atoms with van der Waals surface area (Å²) in [5.74, 6) is -1.63. The van der Waals surface area contributed by atoms with Crippen LogP contribution in [0.2, 0.25) is 0 Å². The van der Waals surface area contributed by atoms with Crippen LogP contribution in [0.15, 0.2) is 12.0 Å². The average molecular weight is 214 g/mol. The van der Waals surface area contributed by atoms with Crippen molar-refractivity contribution in [2.45, 2.75) is 12.8 Å². The molecule has 0 aromatic rings. The van der Waals surface area contributed by atoms with Crippen molar-refractivity contribution in [1.82, 2.24) is 9.80 Å². The Morgan fingerprint density at radius 3 is 2.67 bits per heavy atom. The van der Waals surface area contributed by atoms with Crippen LogP contribution in [-0.2, 0) is 9.59 Å². The zero-order valence-electron chi connectivity index (χ0n) is 8.99. The molecule has 0 bridgehead atoms. The highest BCUT2D eigenvalue weighted by atomic mass is 19.1. The molecule has 5 heteroatoms. The number of nitrogens with zero attached hydrogens (tertiary/aromatic N) is 2. The van der Waals surface area contributed by atoms with Crippen molar-refractivity contribution >= 4 is 11.7 Å². The number of ketones is 1. The minimum atomic E-state index is -0.727. The summed E-state index contributed by atoms with van der Waals surface area (Å²) < 4.78 is 13.2. The van der Waals surface area contributed by atoms with E-state index in [0.29, 0.717) is 13.0 Å². The SMILES string of the molecule is CN(C)CCCN1C(=O)CC(=O)C=C1F. The summed E-state index contributed by atoms with van der Waals surface area (Å²) in [6, 6.07) is 0. The zero-order valence-corrected chi connectivity index (χ0v) is 8.99. The third-order valence-corrected chi connectivity index (χ3v) is 2.15. The summed E-state index contributed by atoms with van der Waals surface area (Å²) >= 11 is 0. The summed E-state index contributed by atoms with van der Waals surface area (Å²) in [6.45, 7) is 1.11. The predicted molar refractivity (Wildman–Crippen MR) is 53.7 cm³/mol. The van der Waals surface area contributed by atoms with Crippen LogP contribution in [0.3, 0.4) is 0 Å². The molecule has 0 atom stereocenters. The van der Waals surface area contributed by atoms with Gasteiger partial charge in [0.25, 0.3) is 0 Å². The van der Waals surface area contributed by atoms with Gasteiger partial charge in [0.1, 0.15) is 0 Å².